The van der Waals surface area contributed by atoms with Crippen LogP contribution in [0.2, 0.25) is 10.0 Å². The van der Waals surface area contributed by atoms with Crippen LogP contribution in [0.15, 0.2) is 48.5 Å². The first-order chi connectivity index (χ1) is 12.2. The minimum Gasteiger partial charge on any atom is -0.345 e. The Kier molecular flexibility index (Phi) is 5.08. The van der Waals surface area contributed by atoms with Gasteiger partial charge in [-0.05, 0) is 45.0 Å². The molecule has 1 aromatic heterocycles. The van der Waals surface area contributed by atoms with Crippen LogP contribution in [0.3, 0.4) is 0 Å². The molecule has 0 atom stereocenters. The number of carbonyl (C=O) groups is 1. The van der Waals surface area contributed by atoms with Gasteiger partial charge in [0.25, 0.3) is 5.91 Å². The molecule has 3 aromatic rings. The van der Waals surface area contributed by atoms with Crippen LogP contribution in [0.25, 0.3) is 22.5 Å². The molecule has 1 heterocycles. The number of H-pyrrole nitrogens is 1. The van der Waals surface area contributed by atoms with Gasteiger partial charge in [0.2, 0.25) is 0 Å². The topological polar surface area (TPSA) is 57.8 Å². The fraction of sp³-hybridized carbons (Fsp3) is 0.200. The second-order valence-corrected chi connectivity index (χ2v) is 7.90. The molecule has 0 radical (unpaired) electrons. The molecule has 134 valence electrons. The summed E-state index contributed by atoms with van der Waals surface area (Å²) in [5.41, 5.74) is 2.84. The van der Waals surface area contributed by atoms with E-state index in [0.29, 0.717) is 15.7 Å². The maximum absolute atomic E-state index is 12.5. The van der Waals surface area contributed by atoms with E-state index in [2.05, 4.69) is 15.3 Å². The number of halogens is 2. The Hall–Kier alpha value is -2.30. The van der Waals surface area contributed by atoms with Crippen LogP contribution in [0.5, 0.6) is 0 Å². The highest BCUT2D eigenvalue weighted by Gasteiger charge is 2.21. The lowest BCUT2D eigenvalue weighted by molar-refractivity contribution is 0.0910. The summed E-state index contributed by atoms with van der Waals surface area (Å²) in [6.07, 6.45) is 0. The van der Waals surface area contributed by atoms with Crippen molar-refractivity contribution < 1.29 is 4.79 Å². The van der Waals surface area contributed by atoms with E-state index in [1.54, 1.807) is 24.3 Å². The lowest BCUT2D eigenvalue weighted by Crippen LogP contribution is -2.41. The van der Waals surface area contributed by atoms with Crippen LogP contribution < -0.4 is 5.32 Å². The summed E-state index contributed by atoms with van der Waals surface area (Å²) in [5, 5.41) is 4.21. The molecule has 0 fully saturated rings. The molecular formula is C20H19Cl2N3O. The van der Waals surface area contributed by atoms with Gasteiger partial charge in [-0.1, -0.05) is 47.5 Å². The van der Waals surface area contributed by atoms with Crippen LogP contribution in [-0.2, 0) is 0 Å². The zero-order chi connectivity index (χ0) is 18.9. The number of rotatable bonds is 3. The van der Waals surface area contributed by atoms with Gasteiger partial charge in [-0.3, -0.25) is 4.79 Å². The number of imidazole rings is 1. The van der Waals surface area contributed by atoms with Gasteiger partial charge >= 0.3 is 0 Å². The minimum atomic E-state index is -0.356. The average molecular weight is 388 g/mol. The minimum absolute atomic E-state index is 0.257. The number of nitrogens with zero attached hydrogens (tertiary/aromatic N) is 1. The normalized spacial score (nSPS) is 11.4. The van der Waals surface area contributed by atoms with E-state index in [1.807, 2.05) is 45.0 Å². The fourth-order valence-corrected chi connectivity index (χ4v) is 2.77. The molecule has 0 unspecified atom stereocenters. The first-order valence-corrected chi connectivity index (χ1v) is 8.93. The van der Waals surface area contributed by atoms with Crippen molar-refractivity contribution in [3.8, 4) is 22.5 Å². The predicted molar refractivity (Wildman–Crippen MR) is 107 cm³/mol. The standard InChI is InChI=1S/C20H19Cl2N3O/c1-20(2,3)25-19(26)18-23-16(12-4-8-14(21)9-5-12)17(24-18)13-6-10-15(22)11-7-13/h4-11H,1-3H3,(H,23,24)(H,25,26). The highest BCUT2D eigenvalue weighted by atomic mass is 35.5. The highest BCUT2D eigenvalue weighted by Crippen LogP contribution is 2.31. The van der Waals surface area contributed by atoms with Gasteiger partial charge < -0.3 is 10.3 Å². The van der Waals surface area contributed by atoms with Crippen molar-refractivity contribution in [1.82, 2.24) is 15.3 Å². The molecule has 2 aromatic carbocycles. The first kappa shape index (κ1) is 18.5. The van der Waals surface area contributed by atoms with Crippen molar-refractivity contribution in [2.24, 2.45) is 0 Å². The molecule has 0 aliphatic heterocycles. The first-order valence-electron chi connectivity index (χ1n) is 8.17. The molecule has 0 spiro atoms. The maximum Gasteiger partial charge on any atom is 0.287 e. The number of aromatic amines is 1. The van der Waals surface area contributed by atoms with Crippen LogP contribution in [0.4, 0.5) is 0 Å². The number of aromatic nitrogens is 2. The Labute approximate surface area is 162 Å². The van der Waals surface area contributed by atoms with E-state index in [4.69, 9.17) is 23.2 Å². The summed E-state index contributed by atoms with van der Waals surface area (Å²) in [5.74, 6) is 0.00255. The molecule has 3 rings (SSSR count). The number of hydrogen-bond donors (Lipinski definition) is 2. The molecule has 6 heteroatoms. The molecule has 0 saturated heterocycles. The fourth-order valence-electron chi connectivity index (χ4n) is 2.52. The summed E-state index contributed by atoms with van der Waals surface area (Å²) in [6, 6.07) is 14.7. The monoisotopic (exact) mass is 387 g/mol. The van der Waals surface area contributed by atoms with Crippen molar-refractivity contribution in [2.45, 2.75) is 26.3 Å². The SMILES string of the molecule is CC(C)(C)NC(=O)c1nc(-c2ccc(Cl)cc2)c(-c2ccc(Cl)cc2)[nH]1. The van der Waals surface area contributed by atoms with E-state index >= 15 is 0 Å². The maximum atomic E-state index is 12.5. The number of benzene rings is 2. The highest BCUT2D eigenvalue weighted by molar-refractivity contribution is 6.31. The summed E-state index contributed by atoms with van der Waals surface area (Å²) < 4.78 is 0. The number of carbonyl (C=O) groups excluding carboxylic acids is 1. The van der Waals surface area contributed by atoms with E-state index in [0.717, 1.165) is 16.8 Å². The van der Waals surface area contributed by atoms with Gasteiger partial charge in [0.1, 0.15) is 0 Å². The van der Waals surface area contributed by atoms with Gasteiger partial charge in [0.05, 0.1) is 11.4 Å². The Balaban J connectivity index is 2.09. The van der Waals surface area contributed by atoms with Crippen LogP contribution in [-0.4, -0.2) is 21.4 Å². The van der Waals surface area contributed by atoms with E-state index in [-0.39, 0.29) is 17.3 Å². The Morgan fingerprint density at radius 3 is 1.92 bits per heavy atom. The van der Waals surface area contributed by atoms with Crippen molar-refractivity contribution >= 4 is 29.1 Å². The molecule has 26 heavy (non-hydrogen) atoms. The van der Waals surface area contributed by atoms with Crippen LogP contribution in [0, 0.1) is 0 Å². The number of hydrogen-bond acceptors (Lipinski definition) is 2. The second-order valence-electron chi connectivity index (χ2n) is 7.03. The molecule has 1 amide bonds. The molecule has 0 aliphatic carbocycles. The largest absolute Gasteiger partial charge is 0.345 e. The third-order valence-corrected chi connectivity index (χ3v) is 4.16. The third-order valence-electron chi connectivity index (χ3n) is 3.66. The molecule has 0 saturated carbocycles. The van der Waals surface area contributed by atoms with E-state index < -0.39 is 0 Å². The number of amides is 1. The lowest BCUT2D eigenvalue weighted by atomic mass is 10.1. The third kappa shape index (κ3) is 4.26. The quantitative estimate of drug-likeness (QED) is 0.616. The van der Waals surface area contributed by atoms with Crippen LogP contribution >= 0.6 is 23.2 Å². The predicted octanol–water partition coefficient (Wildman–Crippen LogP) is 5.58. The summed E-state index contributed by atoms with van der Waals surface area (Å²) >= 11 is 12.0. The average Bonchev–Trinajstić information content (AvgIpc) is 3.00. The molecule has 4 nitrogen and oxygen atoms in total. The molecular weight excluding hydrogens is 369 g/mol. The van der Waals surface area contributed by atoms with Gasteiger partial charge in [0, 0.05) is 26.7 Å². The van der Waals surface area contributed by atoms with Gasteiger partial charge in [0.15, 0.2) is 5.82 Å². The molecule has 0 bridgehead atoms. The van der Waals surface area contributed by atoms with Gasteiger partial charge in [-0.15, -0.1) is 0 Å². The van der Waals surface area contributed by atoms with Crippen molar-refractivity contribution in [3.05, 3.63) is 64.4 Å². The van der Waals surface area contributed by atoms with E-state index in [1.165, 1.54) is 0 Å². The van der Waals surface area contributed by atoms with Crippen molar-refractivity contribution in [1.29, 1.82) is 0 Å². The van der Waals surface area contributed by atoms with Gasteiger partial charge in [-0.25, -0.2) is 4.98 Å². The van der Waals surface area contributed by atoms with Crippen molar-refractivity contribution in [2.75, 3.05) is 0 Å². The van der Waals surface area contributed by atoms with Gasteiger partial charge in [-0.2, -0.15) is 0 Å². The smallest absolute Gasteiger partial charge is 0.287 e. The Bertz CT molecular complexity index is 860. The van der Waals surface area contributed by atoms with E-state index in [9.17, 15) is 4.79 Å². The van der Waals surface area contributed by atoms with Crippen LogP contribution in [0.1, 0.15) is 31.4 Å². The summed E-state index contributed by atoms with van der Waals surface area (Å²) in [7, 11) is 0. The zero-order valence-electron chi connectivity index (χ0n) is 14.7. The molecule has 2 N–H and O–H groups in total. The summed E-state index contributed by atoms with van der Waals surface area (Å²) in [4.78, 5) is 20.3. The Morgan fingerprint density at radius 1 is 0.923 bits per heavy atom. The number of nitrogens with one attached hydrogen (secondary N) is 2. The summed E-state index contributed by atoms with van der Waals surface area (Å²) in [6.45, 7) is 5.77. The van der Waals surface area contributed by atoms with Crippen molar-refractivity contribution in [3.63, 3.8) is 0 Å². The second kappa shape index (κ2) is 7.14. The zero-order valence-corrected chi connectivity index (χ0v) is 16.2. The molecule has 0 aliphatic rings. The lowest BCUT2D eigenvalue weighted by Gasteiger charge is -2.19. The Morgan fingerprint density at radius 2 is 1.42 bits per heavy atom.